The fourth-order valence-electron chi connectivity index (χ4n) is 7.60. The number of hydrogen-bond donors (Lipinski definition) is 0. The van der Waals surface area contributed by atoms with Crippen LogP contribution >= 0.6 is 0 Å². The maximum Gasteiger partial charge on any atom is 0.0979 e. The van der Waals surface area contributed by atoms with Gasteiger partial charge in [0.25, 0.3) is 0 Å². The molecule has 3 aromatic heterocycles. The molecule has 0 radical (unpaired) electrons. The molecule has 0 fully saturated rings. The summed E-state index contributed by atoms with van der Waals surface area (Å²) in [5.74, 6) is 0. The van der Waals surface area contributed by atoms with Gasteiger partial charge in [0.2, 0.25) is 0 Å². The van der Waals surface area contributed by atoms with Crippen LogP contribution in [0.4, 0.5) is 0 Å². The number of para-hydroxylation sites is 2. The van der Waals surface area contributed by atoms with E-state index in [0.717, 1.165) is 88.7 Å². The van der Waals surface area contributed by atoms with Crippen LogP contribution in [0.1, 0.15) is 0 Å². The average Bonchev–Trinajstić information content (AvgIpc) is 3.26. The Morgan fingerprint density at radius 3 is 0.981 bits per heavy atom. The monoisotopic (exact) mass is 688 g/mol. The van der Waals surface area contributed by atoms with Crippen molar-refractivity contribution in [3.05, 3.63) is 194 Å². The summed E-state index contributed by atoms with van der Waals surface area (Å²) in [6, 6.07) is 63.6. The van der Waals surface area contributed by atoms with Crippen LogP contribution < -0.4 is 0 Å². The minimum absolute atomic E-state index is 0.861. The molecule has 252 valence electrons. The highest BCUT2D eigenvalue weighted by molar-refractivity contribution is 6.10. The van der Waals surface area contributed by atoms with Gasteiger partial charge in [0.15, 0.2) is 0 Å². The number of benzene rings is 7. The highest BCUT2D eigenvalue weighted by Crippen LogP contribution is 2.42. The third-order valence-corrected chi connectivity index (χ3v) is 10.2. The number of hydrogen-bond acceptors (Lipinski definition) is 4. The lowest BCUT2D eigenvalue weighted by molar-refractivity contribution is 1.30. The molecule has 3 heterocycles. The second kappa shape index (κ2) is 13.4. The van der Waals surface area contributed by atoms with Crippen molar-refractivity contribution in [1.82, 2.24) is 19.9 Å². The van der Waals surface area contributed by atoms with Gasteiger partial charge in [-0.25, -0.2) is 9.97 Å². The largest absolute Gasteiger partial charge is 0.256 e. The van der Waals surface area contributed by atoms with Crippen molar-refractivity contribution >= 4 is 32.6 Å². The summed E-state index contributed by atoms with van der Waals surface area (Å²) in [6.45, 7) is 0. The number of nitrogens with zero attached hydrogens (tertiary/aromatic N) is 4. The fraction of sp³-hybridized carbons (Fsp3) is 0. The first-order chi connectivity index (χ1) is 26.8. The minimum atomic E-state index is 0.861. The minimum Gasteiger partial charge on any atom is -0.256 e. The highest BCUT2D eigenvalue weighted by atomic mass is 14.8. The highest BCUT2D eigenvalue weighted by Gasteiger charge is 2.20. The number of aromatic nitrogens is 4. The van der Waals surface area contributed by atoms with Gasteiger partial charge in [-0.1, -0.05) is 146 Å². The summed E-state index contributed by atoms with van der Waals surface area (Å²) in [7, 11) is 0. The number of fused-ring (bicyclic) bond motifs is 3. The molecule has 0 unspecified atom stereocenters. The Kier molecular flexibility index (Phi) is 7.77. The molecule has 0 aliphatic heterocycles. The van der Waals surface area contributed by atoms with Crippen molar-refractivity contribution in [3.63, 3.8) is 0 Å². The molecule has 10 aromatic rings. The second-order valence-corrected chi connectivity index (χ2v) is 13.4. The van der Waals surface area contributed by atoms with Gasteiger partial charge < -0.3 is 0 Å². The first-order valence-corrected chi connectivity index (χ1v) is 18.1. The molecular weight excluding hydrogens is 657 g/mol. The van der Waals surface area contributed by atoms with Gasteiger partial charge in [-0.3, -0.25) is 9.97 Å². The summed E-state index contributed by atoms with van der Waals surface area (Å²) in [6.07, 6.45) is 3.67. The molecule has 0 saturated heterocycles. The van der Waals surface area contributed by atoms with Crippen LogP contribution in [0.15, 0.2) is 194 Å². The third kappa shape index (κ3) is 5.58. The lowest BCUT2D eigenvalue weighted by Gasteiger charge is -2.17. The Hall–Kier alpha value is -7.30. The summed E-state index contributed by atoms with van der Waals surface area (Å²) in [5, 5.41) is 4.58. The number of pyridine rings is 2. The second-order valence-electron chi connectivity index (χ2n) is 13.4. The van der Waals surface area contributed by atoms with E-state index in [0.29, 0.717) is 0 Å². The summed E-state index contributed by atoms with van der Waals surface area (Å²) < 4.78 is 0. The molecule has 0 spiro atoms. The van der Waals surface area contributed by atoms with Crippen molar-refractivity contribution in [3.8, 4) is 67.3 Å². The molecule has 0 aliphatic rings. The molecule has 7 aromatic carbocycles. The smallest absolute Gasteiger partial charge is 0.0979 e. The fourth-order valence-corrected chi connectivity index (χ4v) is 7.60. The van der Waals surface area contributed by atoms with E-state index in [4.69, 9.17) is 9.97 Å². The van der Waals surface area contributed by atoms with E-state index in [1.54, 1.807) is 0 Å². The van der Waals surface area contributed by atoms with Gasteiger partial charge in [0.1, 0.15) is 0 Å². The zero-order valence-electron chi connectivity index (χ0n) is 29.3. The van der Waals surface area contributed by atoms with E-state index in [9.17, 15) is 0 Å². The Labute approximate surface area is 313 Å². The predicted molar refractivity (Wildman–Crippen MR) is 223 cm³/mol. The van der Waals surface area contributed by atoms with Crippen molar-refractivity contribution in [2.45, 2.75) is 0 Å². The lowest BCUT2D eigenvalue weighted by Crippen LogP contribution is -1.98. The van der Waals surface area contributed by atoms with Crippen molar-refractivity contribution in [2.75, 3.05) is 0 Å². The molecule has 10 rings (SSSR count). The van der Waals surface area contributed by atoms with E-state index in [1.807, 2.05) is 73.1 Å². The summed E-state index contributed by atoms with van der Waals surface area (Å²) in [4.78, 5) is 19.8. The van der Waals surface area contributed by atoms with E-state index in [1.165, 1.54) is 11.1 Å². The molecule has 0 amide bonds. The molecule has 4 nitrogen and oxygen atoms in total. The van der Waals surface area contributed by atoms with Gasteiger partial charge in [-0.2, -0.15) is 0 Å². The lowest BCUT2D eigenvalue weighted by atomic mass is 9.89. The molecule has 0 saturated carbocycles. The zero-order valence-corrected chi connectivity index (χ0v) is 29.3. The van der Waals surface area contributed by atoms with E-state index < -0.39 is 0 Å². The maximum atomic E-state index is 5.37. The molecule has 0 aliphatic carbocycles. The molecular formula is C50H32N4. The van der Waals surface area contributed by atoms with Crippen LogP contribution in [0.25, 0.3) is 99.9 Å². The molecule has 54 heavy (non-hydrogen) atoms. The van der Waals surface area contributed by atoms with Crippen molar-refractivity contribution in [1.29, 1.82) is 0 Å². The normalized spacial score (nSPS) is 11.3. The Balaban J connectivity index is 1.13. The molecule has 0 N–H and O–H groups in total. The van der Waals surface area contributed by atoms with Gasteiger partial charge in [-0.05, 0) is 80.2 Å². The van der Waals surface area contributed by atoms with Crippen LogP contribution in [0.3, 0.4) is 0 Å². The zero-order chi connectivity index (χ0) is 35.8. The van der Waals surface area contributed by atoms with E-state index in [2.05, 4.69) is 131 Å². The first kappa shape index (κ1) is 31.4. The van der Waals surface area contributed by atoms with Crippen LogP contribution in [0, 0.1) is 0 Å². The number of rotatable bonds is 6. The molecule has 0 atom stereocenters. The van der Waals surface area contributed by atoms with Crippen molar-refractivity contribution < 1.29 is 0 Å². The van der Waals surface area contributed by atoms with Crippen LogP contribution in [-0.2, 0) is 0 Å². The Bertz CT molecular complexity index is 2750. The van der Waals surface area contributed by atoms with E-state index >= 15 is 0 Å². The van der Waals surface area contributed by atoms with Gasteiger partial charge in [-0.15, -0.1) is 0 Å². The van der Waals surface area contributed by atoms with Crippen LogP contribution in [0.5, 0.6) is 0 Å². The van der Waals surface area contributed by atoms with Crippen LogP contribution in [0.2, 0.25) is 0 Å². The topological polar surface area (TPSA) is 51.6 Å². The third-order valence-electron chi connectivity index (χ3n) is 10.2. The average molecular weight is 689 g/mol. The quantitative estimate of drug-likeness (QED) is 0.174. The maximum absolute atomic E-state index is 5.37. The molecule has 0 bridgehead atoms. The molecule has 4 heteroatoms. The van der Waals surface area contributed by atoms with Gasteiger partial charge >= 0.3 is 0 Å². The van der Waals surface area contributed by atoms with Crippen molar-refractivity contribution in [2.24, 2.45) is 0 Å². The SMILES string of the molecule is c1ccc(-c2ccc(-c3ccc(-c4nc5ccccc5nc4-c4ccc(-c5ccc(-c6ccccn6)cc5)c5ccccc45)c4ccccc34)cc2)nc1. The van der Waals surface area contributed by atoms with Gasteiger partial charge in [0, 0.05) is 34.6 Å². The summed E-state index contributed by atoms with van der Waals surface area (Å²) >= 11 is 0. The Morgan fingerprint density at radius 2 is 0.593 bits per heavy atom. The summed E-state index contributed by atoms with van der Waals surface area (Å²) in [5.41, 5.74) is 14.3. The predicted octanol–water partition coefficient (Wildman–Crippen LogP) is 12.7. The Morgan fingerprint density at radius 1 is 0.259 bits per heavy atom. The van der Waals surface area contributed by atoms with E-state index in [-0.39, 0.29) is 0 Å². The van der Waals surface area contributed by atoms with Gasteiger partial charge in [0.05, 0.1) is 33.8 Å². The standard InChI is InChI=1S/C50H32N4/c1-3-13-41-39(11-1)37(33-19-23-35(24-20-33)45-15-7-9-31-51-45)27-29-43(41)49-50(54-48-18-6-5-17-47(48)53-49)44-30-28-38(40-12-2-4-14-42(40)44)34-21-25-36(26-22-34)46-16-8-10-32-52-46/h1-32H. The first-order valence-electron chi connectivity index (χ1n) is 18.1. The van der Waals surface area contributed by atoms with Crippen LogP contribution in [-0.4, -0.2) is 19.9 Å².